The monoisotopic (exact) mass is 352 g/mol. The molecule has 6 nitrogen and oxygen atoms in total. The third-order valence-corrected chi connectivity index (χ3v) is 4.47. The largest absolute Gasteiger partial charge is 0.391 e. The average Bonchev–Trinajstić information content (AvgIpc) is 3.31. The lowest BCUT2D eigenvalue weighted by atomic mass is 10.1. The minimum Gasteiger partial charge on any atom is -0.391 e. The number of carbonyl (C=O) groups is 1. The Labute approximate surface area is 149 Å². The molecule has 1 atom stereocenters. The minimum absolute atomic E-state index is 0.143. The highest BCUT2D eigenvalue weighted by molar-refractivity contribution is 5.98. The van der Waals surface area contributed by atoms with E-state index in [0.717, 1.165) is 5.56 Å². The van der Waals surface area contributed by atoms with Crippen LogP contribution in [0.1, 0.15) is 16.8 Å². The SMILES string of the molecule is O=C(c1ccccc1-n1cc(-c2ccc(F)cc2)nn1)N1CC[C@@H](O)C1. The van der Waals surface area contributed by atoms with Crippen LogP contribution in [0.2, 0.25) is 0 Å². The Morgan fingerprint density at radius 2 is 1.92 bits per heavy atom. The Balaban J connectivity index is 1.67. The molecule has 2 aromatic carbocycles. The van der Waals surface area contributed by atoms with Gasteiger partial charge in [-0.25, -0.2) is 9.07 Å². The number of amides is 1. The number of rotatable bonds is 3. The maximum atomic E-state index is 13.1. The van der Waals surface area contributed by atoms with Gasteiger partial charge in [-0.15, -0.1) is 5.10 Å². The normalized spacial score (nSPS) is 16.8. The third-order valence-electron chi connectivity index (χ3n) is 4.47. The Morgan fingerprint density at radius 1 is 1.15 bits per heavy atom. The summed E-state index contributed by atoms with van der Waals surface area (Å²) in [6.45, 7) is 0.873. The van der Waals surface area contributed by atoms with Gasteiger partial charge in [0.25, 0.3) is 5.91 Å². The zero-order valence-electron chi connectivity index (χ0n) is 13.9. The highest BCUT2D eigenvalue weighted by Crippen LogP contribution is 2.22. The molecule has 1 saturated heterocycles. The van der Waals surface area contributed by atoms with Gasteiger partial charge >= 0.3 is 0 Å². The third kappa shape index (κ3) is 3.09. The van der Waals surface area contributed by atoms with Gasteiger partial charge in [-0.1, -0.05) is 17.3 Å². The summed E-state index contributed by atoms with van der Waals surface area (Å²) >= 11 is 0. The second-order valence-corrected chi connectivity index (χ2v) is 6.27. The lowest BCUT2D eigenvalue weighted by Crippen LogP contribution is -2.30. The summed E-state index contributed by atoms with van der Waals surface area (Å²) in [6.07, 6.45) is 1.83. The molecule has 1 aliphatic heterocycles. The summed E-state index contributed by atoms with van der Waals surface area (Å²) in [5.41, 5.74) is 2.44. The highest BCUT2D eigenvalue weighted by Gasteiger charge is 2.27. The van der Waals surface area contributed by atoms with Crippen LogP contribution in [0.4, 0.5) is 4.39 Å². The molecule has 1 amide bonds. The molecule has 0 unspecified atom stereocenters. The van der Waals surface area contributed by atoms with Crippen molar-refractivity contribution in [2.75, 3.05) is 13.1 Å². The molecule has 4 rings (SSSR count). The van der Waals surface area contributed by atoms with Gasteiger partial charge in [-0.05, 0) is 42.8 Å². The van der Waals surface area contributed by atoms with Gasteiger partial charge < -0.3 is 10.0 Å². The molecule has 0 bridgehead atoms. The number of β-amino-alcohol motifs (C(OH)–C–C–N with tert-alkyl or cyclic N) is 1. The number of benzene rings is 2. The maximum Gasteiger partial charge on any atom is 0.256 e. The number of carbonyl (C=O) groups excluding carboxylic acids is 1. The number of hydrogen-bond acceptors (Lipinski definition) is 4. The molecule has 2 heterocycles. The molecule has 26 heavy (non-hydrogen) atoms. The Bertz CT molecular complexity index is 939. The van der Waals surface area contributed by atoms with Crippen LogP contribution in [-0.2, 0) is 0 Å². The van der Waals surface area contributed by atoms with Crippen LogP contribution in [0, 0.1) is 5.82 Å². The second-order valence-electron chi connectivity index (χ2n) is 6.27. The van der Waals surface area contributed by atoms with E-state index >= 15 is 0 Å². The van der Waals surface area contributed by atoms with E-state index in [1.807, 2.05) is 6.07 Å². The van der Waals surface area contributed by atoms with Crippen LogP contribution < -0.4 is 0 Å². The van der Waals surface area contributed by atoms with E-state index in [1.165, 1.54) is 12.1 Å². The van der Waals surface area contributed by atoms with Crippen molar-refractivity contribution < 1.29 is 14.3 Å². The smallest absolute Gasteiger partial charge is 0.256 e. The van der Waals surface area contributed by atoms with Crippen LogP contribution in [0.25, 0.3) is 16.9 Å². The Hall–Kier alpha value is -3.06. The Morgan fingerprint density at radius 3 is 2.65 bits per heavy atom. The average molecular weight is 352 g/mol. The zero-order chi connectivity index (χ0) is 18.1. The van der Waals surface area contributed by atoms with E-state index in [1.54, 1.807) is 46.1 Å². The van der Waals surface area contributed by atoms with Crippen LogP contribution in [0.5, 0.6) is 0 Å². The van der Waals surface area contributed by atoms with Crippen LogP contribution >= 0.6 is 0 Å². The summed E-state index contributed by atoms with van der Waals surface area (Å²) in [6, 6.07) is 13.1. The molecule has 3 aromatic rings. The lowest BCUT2D eigenvalue weighted by Gasteiger charge is -2.17. The van der Waals surface area contributed by atoms with Gasteiger partial charge in [0.05, 0.1) is 23.6 Å². The number of aromatic nitrogens is 3. The topological polar surface area (TPSA) is 71.2 Å². The fraction of sp³-hybridized carbons (Fsp3) is 0.211. The summed E-state index contributed by atoms with van der Waals surface area (Å²) in [4.78, 5) is 14.5. The maximum absolute atomic E-state index is 13.1. The fourth-order valence-electron chi connectivity index (χ4n) is 3.09. The standard InChI is InChI=1S/C19H17FN4O2/c20-14-7-5-13(6-8-14)17-12-24(22-21-17)18-4-2-1-3-16(18)19(26)23-10-9-15(25)11-23/h1-8,12,15,25H,9-11H2/t15-/m1/s1. The fourth-order valence-corrected chi connectivity index (χ4v) is 3.09. The molecular weight excluding hydrogens is 335 g/mol. The second kappa shape index (κ2) is 6.68. The van der Waals surface area contributed by atoms with Gasteiger partial charge in [0.2, 0.25) is 0 Å². The van der Waals surface area contributed by atoms with Crippen molar-refractivity contribution in [1.29, 1.82) is 0 Å². The summed E-state index contributed by atoms with van der Waals surface area (Å²) in [5, 5.41) is 17.9. The van der Waals surface area contributed by atoms with Gasteiger partial charge in [0.15, 0.2) is 0 Å². The van der Waals surface area contributed by atoms with Gasteiger partial charge in [0.1, 0.15) is 11.5 Å². The predicted octanol–water partition coefficient (Wildman–Crippen LogP) is 2.28. The molecule has 0 aliphatic carbocycles. The van der Waals surface area contributed by atoms with Gasteiger partial charge in [-0.3, -0.25) is 4.79 Å². The molecule has 0 saturated carbocycles. The first-order valence-electron chi connectivity index (χ1n) is 8.37. The molecule has 0 spiro atoms. The van der Waals surface area contributed by atoms with Crippen LogP contribution in [0.3, 0.4) is 0 Å². The van der Waals surface area contributed by atoms with Crippen LogP contribution in [0.15, 0.2) is 54.7 Å². The first-order valence-corrected chi connectivity index (χ1v) is 8.37. The number of para-hydroxylation sites is 1. The van der Waals surface area contributed by atoms with Crippen molar-refractivity contribution in [3.05, 3.63) is 66.1 Å². The minimum atomic E-state index is -0.470. The molecule has 7 heteroatoms. The van der Waals surface area contributed by atoms with Crippen molar-refractivity contribution in [2.24, 2.45) is 0 Å². The molecule has 1 aliphatic rings. The number of hydrogen-bond donors (Lipinski definition) is 1. The van der Waals surface area contributed by atoms with E-state index in [9.17, 15) is 14.3 Å². The summed E-state index contributed by atoms with van der Waals surface area (Å²) < 4.78 is 14.6. The molecule has 132 valence electrons. The van der Waals surface area contributed by atoms with Crippen molar-refractivity contribution in [3.8, 4) is 16.9 Å². The van der Waals surface area contributed by atoms with E-state index in [-0.39, 0.29) is 11.7 Å². The molecule has 1 aromatic heterocycles. The van der Waals surface area contributed by atoms with E-state index < -0.39 is 6.10 Å². The van der Waals surface area contributed by atoms with Crippen molar-refractivity contribution in [1.82, 2.24) is 19.9 Å². The molecule has 0 radical (unpaired) electrons. The summed E-state index contributed by atoms with van der Waals surface area (Å²) in [7, 11) is 0. The van der Waals surface area contributed by atoms with Crippen molar-refractivity contribution in [3.63, 3.8) is 0 Å². The number of nitrogens with zero attached hydrogens (tertiary/aromatic N) is 4. The first kappa shape index (κ1) is 16.4. The zero-order valence-corrected chi connectivity index (χ0v) is 13.9. The number of aliphatic hydroxyl groups is 1. The first-order chi connectivity index (χ1) is 12.6. The molecule has 1 fully saturated rings. The number of halogens is 1. The highest BCUT2D eigenvalue weighted by atomic mass is 19.1. The lowest BCUT2D eigenvalue weighted by molar-refractivity contribution is 0.0765. The van der Waals surface area contributed by atoms with E-state index in [0.29, 0.717) is 36.5 Å². The predicted molar refractivity (Wildman–Crippen MR) is 93.3 cm³/mol. The number of likely N-dealkylation sites (tertiary alicyclic amines) is 1. The molecule has 1 N–H and O–H groups in total. The van der Waals surface area contributed by atoms with Crippen LogP contribution in [-0.4, -0.2) is 50.1 Å². The van der Waals surface area contributed by atoms with Crippen molar-refractivity contribution >= 4 is 5.91 Å². The van der Waals surface area contributed by atoms with E-state index in [4.69, 9.17) is 0 Å². The quantitative estimate of drug-likeness (QED) is 0.785. The Kier molecular flexibility index (Phi) is 4.22. The van der Waals surface area contributed by atoms with Gasteiger partial charge in [0, 0.05) is 18.7 Å². The summed E-state index contributed by atoms with van der Waals surface area (Å²) in [5.74, 6) is -0.458. The molecular formula is C19H17FN4O2. The van der Waals surface area contributed by atoms with Crippen molar-refractivity contribution in [2.45, 2.75) is 12.5 Å². The number of aliphatic hydroxyl groups excluding tert-OH is 1. The van der Waals surface area contributed by atoms with E-state index in [2.05, 4.69) is 10.3 Å². The van der Waals surface area contributed by atoms with Gasteiger partial charge in [-0.2, -0.15) is 0 Å².